The molecule has 0 aromatic heterocycles. The summed E-state index contributed by atoms with van der Waals surface area (Å²) in [4.78, 5) is 98.6. The molecule has 14 aliphatic carbocycles. The largest absolute Gasteiger partial charge is 0.461 e. The second-order valence-corrected chi connectivity index (χ2v) is 44.1. The topological polar surface area (TPSA) is 419 Å². The van der Waals surface area contributed by atoms with E-state index in [1.54, 1.807) is 6.92 Å². The van der Waals surface area contributed by atoms with Gasteiger partial charge in [-0.25, -0.2) is 47.5 Å². The number of halogens is 17. The molecular weight excluding hydrogens is 1940 g/mol. The number of carbonyl (C=O) groups is 9. The van der Waals surface area contributed by atoms with Gasteiger partial charge in [-0.15, -0.1) is 0 Å². The van der Waals surface area contributed by atoms with Gasteiger partial charge in [-0.2, -0.15) is 70.2 Å². The maximum absolute atomic E-state index is 13.6. The highest BCUT2D eigenvalue weighted by Gasteiger charge is 2.65. The quantitative estimate of drug-likeness (QED) is 0.0183. The summed E-state index contributed by atoms with van der Waals surface area (Å²) in [5.41, 5.74) is -5.35. The van der Waals surface area contributed by atoms with Crippen molar-refractivity contribution in [3.63, 3.8) is 0 Å². The van der Waals surface area contributed by atoms with Crippen LogP contribution < -0.4 is 0 Å². The highest BCUT2D eigenvalue weighted by molar-refractivity contribution is 5.81. The summed E-state index contributed by atoms with van der Waals surface area (Å²) in [7, 11) is 0. The molecule has 0 aliphatic heterocycles. The molecule has 0 heterocycles. The Balaban J connectivity index is 0.000000336. The minimum Gasteiger partial charge on any atom is -0.461 e. The highest BCUT2D eigenvalue weighted by atomic mass is 19.3. The summed E-state index contributed by atoms with van der Waals surface area (Å²) in [5, 5.41) is 84.4. The lowest BCUT2D eigenvalue weighted by Gasteiger charge is -2.63. The van der Waals surface area contributed by atoms with Crippen LogP contribution in [0.4, 0.5) is 74.6 Å². The van der Waals surface area contributed by atoms with E-state index in [0.717, 1.165) is 193 Å². The molecule has 12 atom stereocenters. The van der Waals surface area contributed by atoms with E-state index in [4.69, 9.17) is 35.0 Å². The van der Waals surface area contributed by atoms with E-state index in [1.165, 1.54) is 13.8 Å². The molecule has 6 bridgehead atoms. The molecule has 9 N–H and O–H groups in total. The van der Waals surface area contributed by atoms with Gasteiger partial charge in [-0.1, -0.05) is 58.8 Å². The lowest BCUT2D eigenvalue weighted by atomic mass is 9.45. The highest BCUT2D eigenvalue weighted by Crippen LogP contribution is 2.63. The Morgan fingerprint density at radius 2 is 0.664 bits per heavy atom. The summed E-state index contributed by atoms with van der Waals surface area (Å²) in [6.07, 6.45) is 26.8. The molecule has 0 aromatic rings. The predicted octanol–water partition coefficient (Wildman–Crippen LogP) is 17.2. The van der Waals surface area contributed by atoms with Crippen molar-refractivity contribution in [1.82, 2.24) is 0 Å². The number of carbonyl (C=O) groups excluding carboxylic acids is 9. The first kappa shape index (κ1) is 129. The number of esters is 9. The van der Waals surface area contributed by atoms with E-state index in [0.29, 0.717) is 111 Å². The normalized spacial score (nSPS) is 29.9. The Kier molecular flexibility index (Phi) is 49.5. The lowest BCUT2D eigenvalue weighted by molar-refractivity contribution is -0.254. The van der Waals surface area contributed by atoms with Crippen LogP contribution in [0.25, 0.3) is 0 Å². The number of aliphatic hydroxyl groups excluding tert-OH is 8. The molecule has 0 aromatic carbocycles. The Hall–Kier alpha value is -6.32. The van der Waals surface area contributed by atoms with E-state index in [-0.39, 0.29) is 144 Å². The fraction of sp³-hybridized carbons (Fsp3) is 0.909. The summed E-state index contributed by atoms with van der Waals surface area (Å²) < 4.78 is 256. The third-order valence-corrected chi connectivity index (χ3v) is 29.4. The number of ether oxygens (including phenoxy) is 9. The summed E-state index contributed by atoms with van der Waals surface area (Å²) in [5.74, 6) is -37.9. The molecule has 14 rings (SSSR count). The van der Waals surface area contributed by atoms with Crippen LogP contribution in [0.3, 0.4) is 0 Å². The minimum absolute atomic E-state index is 0.0000663. The number of fused-ring (bicyclic) bond motifs is 2. The van der Waals surface area contributed by atoms with Crippen LogP contribution in [-0.2, 0) is 85.8 Å². The number of rotatable bonds is 30. The van der Waals surface area contributed by atoms with Gasteiger partial charge in [-0.3, -0.25) is 0 Å². The summed E-state index contributed by atoms with van der Waals surface area (Å²) in [6, 6.07) is 0. The van der Waals surface area contributed by atoms with Gasteiger partial charge in [0.05, 0.1) is 83.4 Å². The molecule has 14 fully saturated rings. The molecule has 0 spiro atoms. The van der Waals surface area contributed by atoms with Gasteiger partial charge < -0.3 is 88.6 Å². The lowest BCUT2D eigenvalue weighted by Crippen LogP contribution is -2.66. The first-order valence-electron chi connectivity index (χ1n) is 49.8. The number of hydrogen-bond acceptors (Lipinski definition) is 27. The van der Waals surface area contributed by atoms with Crippen LogP contribution in [0, 0.1) is 87.3 Å². The molecule has 0 amide bonds. The fourth-order valence-corrected chi connectivity index (χ4v) is 20.5. The van der Waals surface area contributed by atoms with Crippen molar-refractivity contribution in [3.05, 3.63) is 0 Å². The molecular formula is C99H157F17O27. The smallest absolute Gasteiger partial charge is 0.377 e. The number of alkyl halides is 17. The van der Waals surface area contributed by atoms with E-state index in [2.05, 4.69) is 47.0 Å². The molecule has 14 saturated carbocycles. The van der Waals surface area contributed by atoms with Crippen LogP contribution >= 0.6 is 0 Å². The van der Waals surface area contributed by atoms with Crippen molar-refractivity contribution in [2.45, 2.75) is 403 Å². The van der Waals surface area contributed by atoms with Crippen molar-refractivity contribution in [2.24, 2.45) is 87.3 Å². The summed E-state index contributed by atoms with van der Waals surface area (Å²) in [6.45, 7) is 12.3. The third kappa shape index (κ3) is 43.7. The van der Waals surface area contributed by atoms with Crippen LogP contribution in [0.2, 0.25) is 0 Å². The average Bonchev–Trinajstić information content (AvgIpc) is 0.783. The number of aliphatic hydroxyl groups is 9. The van der Waals surface area contributed by atoms with Crippen molar-refractivity contribution >= 4 is 53.7 Å². The van der Waals surface area contributed by atoms with Gasteiger partial charge in [0.2, 0.25) is 5.67 Å². The Morgan fingerprint density at radius 1 is 0.315 bits per heavy atom. The second-order valence-electron chi connectivity index (χ2n) is 44.1. The molecule has 12 unspecified atom stereocenters. The van der Waals surface area contributed by atoms with Crippen molar-refractivity contribution < 1.29 is 206 Å². The zero-order valence-electron chi connectivity index (χ0n) is 84.7. The Morgan fingerprint density at radius 3 is 1.01 bits per heavy atom. The molecule has 44 heteroatoms. The van der Waals surface area contributed by atoms with Crippen molar-refractivity contribution in [3.8, 4) is 0 Å². The maximum Gasteiger partial charge on any atom is 0.377 e. The number of hydrogen-bond donors (Lipinski definition) is 9. The van der Waals surface area contributed by atoms with E-state index in [1.807, 2.05) is 0 Å². The zero-order chi connectivity index (χ0) is 109. The fourth-order valence-electron chi connectivity index (χ4n) is 20.5. The van der Waals surface area contributed by atoms with E-state index in [9.17, 15) is 138 Å². The van der Waals surface area contributed by atoms with Gasteiger partial charge in [-0.05, 0) is 271 Å². The molecule has 0 saturated heterocycles. The minimum atomic E-state index is -3.51. The van der Waals surface area contributed by atoms with Gasteiger partial charge >= 0.3 is 101 Å². The Bertz CT molecular complexity index is 3880. The molecule has 0 radical (unpaired) electrons. The average molecular weight is 2100 g/mol. The van der Waals surface area contributed by atoms with Crippen LogP contribution in [0.15, 0.2) is 0 Å². The first-order valence-corrected chi connectivity index (χ1v) is 49.8. The van der Waals surface area contributed by atoms with Gasteiger partial charge in [0.25, 0.3) is 0 Å². The summed E-state index contributed by atoms with van der Waals surface area (Å²) >= 11 is 0. The van der Waals surface area contributed by atoms with Crippen molar-refractivity contribution in [1.29, 1.82) is 0 Å². The monoisotopic (exact) mass is 2100 g/mol. The van der Waals surface area contributed by atoms with Crippen molar-refractivity contribution in [2.75, 3.05) is 79.3 Å². The third-order valence-electron chi connectivity index (χ3n) is 29.4. The Labute approximate surface area is 826 Å². The molecule has 834 valence electrons. The first-order chi connectivity index (χ1) is 65.6. The van der Waals surface area contributed by atoms with Crippen LogP contribution in [0.1, 0.15) is 315 Å². The zero-order valence-corrected chi connectivity index (χ0v) is 84.7. The molecule has 14 aliphatic rings. The standard InChI is InChI=1S/C14H21FO3.C13H20F2O3.3C11H18F2O3.3C10H16F2O3.C9H14F2O3/c1-12(2,15)11(16)18-14-6-9-3-10(7-14)5-13(17,4-9)8-14;1-11(2)7-5-8(11)9(16)12(3,6-7)18-10(17)13(4,14)15;1-11(12,13)10(15)16-7-9-4-2-8(6-14)3-5-9;1-11(12,13)10(15)16-7-9-4-2-3-8(5-9)6-14;1-11(12,13)10(15)16-7-9-5-3-2-4-8(9)6-14;1-10(11,12)9(14)15-6-7-2-4-8(13)5-3-7;1-10(11,12)9(14)15-6-7-3-2-4-8(13)5-7;1-9(11,12)8(14)15-7-10(6-13)4-2-3-5-10;1-8(10,11)7(13)14-6-9(5-12)3-2-4-9/h9-10,17H,3-8H2,1-2H3;7-9,16H,5-6H2,1-4H3;3*8-9,14H,2-7H2,1H3;2*7-8,13H,2-6H2,1H3;13H,2-7H2,1H3;12H,2-6H2,1H3. The van der Waals surface area contributed by atoms with Crippen LogP contribution in [0.5, 0.6) is 0 Å². The van der Waals surface area contributed by atoms with Gasteiger partial charge in [0.1, 0.15) is 11.2 Å². The van der Waals surface area contributed by atoms with E-state index < -0.39 is 141 Å². The van der Waals surface area contributed by atoms with Crippen LogP contribution in [-0.4, -0.2) is 267 Å². The van der Waals surface area contributed by atoms with Gasteiger partial charge in [0, 0.05) is 92.5 Å². The second kappa shape index (κ2) is 54.9. The predicted molar refractivity (Wildman–Crippen MR) is 481 cm³/mol. The molecule has 143 heavy (non-hydrogen) atoms. The SMILES string of the molecule is CC(C)(F)C(=O)OC12CC3CC(CC(O)(C3)C1)C2.CC(F)(F)C(=O)OC1(C)CC2CC(C1O)C2(C)C.CC(F)(F)C(=O)OCC1(CO)CCC1.CC(F)(F)C(=O)OCC1(CO)CCCC1.CC(F)(F)C(=O)OCC1CCC(CO)CC1.CC(F)(F)C(=O)OCC1CCC(O)CC1.CC(F)(F)C(=O)OCC1CCCC(CO)C1.CC(F)(F)C(=O)OCC1CCCC(O)C1.CC(F)(F)C(=O)OCC1CCCCC1CO. The maximum atomic E-state index is 13.6. The molecule has 27 nitrogen and oxygen atoms in total. The van der Waals surface area contributed by atoms with E-state index >= 15 is 0 Å². The van der Waals surface area contributed by atoms with Gasteiger partial charge in [0.15, 0.2) is 0 Å².